The summed E-state index contributed by atoms with van der Waals surface area (Å²) in [7, 11) is 0. The predicted octanol–water partition coefficient (Wildman–Crippen LogP) is 3.37. The van der Waals surface area contributed by atoms with Gasteiger partial charge in [0.25, 0.3) is 0 Å². The zero-order chi connectivity index (χ0) is 10.8. The van der Waals surface area contributed by atoms with Crippen LogP contribution in [0.4, 0.5) is 4.39 Å². The first kappa shape index (κ1) is 9.20. The molecule has 0 unspecified atom stereocenters. The van der Waals surface area contributed by atoms with Gasteiger partial charge >= 0.3 is 0 Å². The van der Waals surface area contributed by atoms with Gasteiger partial charge in [-0.15, -0.1) is 0 Å². The summed E-state index contributed by atoms with van der Waals surface area (Å²) in [6.45, 7) is 6.17. The van der Waals surface area contributed by atoms with Crippen molar-refractivity contribution in [3.8, 4) is 5.75 Å². The number of hydrogen-bond acceptors (Lipinski definition) is 1. The lowest BCUT2D eigenvalue weighted by molar-refractivity contribution is 0.318. The van der Waals surface area contributed by atoms with E-state index in [4.69, 9.17) is 4.74 Å². The maximum Gasteiger partial charge on any atom is 0.127 e. The summed E-state index contributed by atoms with van der Waals surface area (Å²) < 4.78 is 19.6. The van der Waals surface area contributed by atoms with Crippen molar-refractivity contribution >= 4 is 0 Å². The van der Waals surface area contributed by atoms with Crippen molar-refractivity contribution in [2.75, 3.05) is 0 Å². The molecular weight excluding hydrogens is 191 g/mol. The predicted molar refractivity (Wildman–Crippen MR) is 56.9 cm³/mol. The third-order valence-electron chi connectivity index (χ3n) is 3.29. The number of rotatable bonds is 0. The van der Waals surface area contributed by atoms with E-state index >= 15 is 0 Å². The van der Waals surface area contributed by atoms with Gasteiger partial charge in [0, 0.05) is 17.0 Å². The van der Waals surface area contributed by atoms with Gasteiger partial charge in [0.1, 0.15) is 17.7 Å². The Hall–Kier alpha value is -1.05. The van der Waals surface area contributed by atoms with Crippen LogP contribution in [0.3, 0.4) is 0 Å². The maximum absolute atomic E-state index is 13.9. The Labute approximate surface area is 89.3 Å². The van der Waals surface area contributed by atoms with Gasteiger partial charge in [-0.2, -0.15) is 0 Å². The molecule has 0 N–H and O–H groups in total. The summed E-state index contributed by atoms with van der Waals surface area (Å²) in [5.41, 5.74) is 1.84. The zero-order valence-electron chi connectivity index (χ0n) is 9.30. The van der Waals surface area contributed by atoms with Gasteiger partial charge in [0.2, 0.25) is 0 Å². The molecule has 1 aliphatic carbocycles. The molecule has 0 radical (unpaired) electrons. The molecule has 1 heterocycles. The lowest BCUT2D eigenvalue weighted by Crippen LogP contribution is -2.16. The summed E-state index contributed by atoms with van der Waals surface area (Å²) in [4.78, 5) is 0. The summed E-state index contributed by atoms with van der Waals surface area (Å²) in [5.74, 6) is 1.28. The second-order valence-corrected chi connectivity index (χ2v) is 5.58. The standard InChI is InChI=1S/C13H15FO/c1-13(2,3)12-8(14)4-5-9-11(12)7-6-10(7)15-9/h4-5,7,10H,6H2,1-3H3/t7-,10+/m1/s1. The molecule has 1 aromatic carbocycles. The van der Waals surface area contributed by atoms with Crippen molar-refractivity contribution < 1.29 is 9.13 Å². The molecule has 1 aliphatic heterocycles. The molecule has 1 fully saturated rings. The first-order valence-electron chi connectivity index (χ1n) is 5.48. The average molecular weight is 206 g/mol. The first-order chi connectivity index (χ1) is 6.98. The molecule has 0 bridgehead atoms. The van der Waals surface area contributed by atoms with Crippen LogP contribution in [0.5, 0.6) is 5.75 Å². The largest absolute Gasteiger partial charge is 0.489 e. The number of ether oxygens (including phenoxy) is 1. The normalized spacial score (nSPS) is 26.9. The number of hydrogen-bond donors (Lipinski definition) is 0. The van der Waals surface area contributed by atoms with Crippen molar-refractivity contribution in [1.29, 1.82) is 0 Å². The van der Waals surface area contributed by atoms with Crippen LogP contribution < -0.4 is 4.74 Å². The van der Waals surface area contributed by atoms with E-state index in [-0.39, 0.29) is 11.2 Å². The Morgan fingerprint density at radius 2 is 2.07 bits per heavy atom. The molecule has 15 heavy (non-hydrogen) atoms. The van der Waals surface area contributed by atoms with E-state index in [0.29, 0.717) is 12.0 Å². The third-order valence-corrected chi connectivity index (χ3v) is 3.29. The zero-order valence-corrected chi connectivity index (χ0v) is 9.30. The molecular formula is C13H15FO. The molecule has 0 amide bonds. The molecule has 0 saturated heterocycles. The van der Waals surface area contributed by atoms with Gasteiger partial charge in [0.05, 0.1) is 0 Å². The van der Waals surface area contributed by atoms with E-state index in [1.807, 2.05) is 0 Å². The second kappa shape index (κ2) is 2.55. The van der Waals surface area contributed by atoms with Gasteiger partial charge in [-0.05, 0) is 24.0 Å². The smallest absolute Gasteiger partial charge is 0.127 e. The number of halogens is 1. The van der Waals surface area contributed by atoms with E-state index in [1.54, 1.807) is 6.07 Å². The third kappa shape index (κ3) is 1.20. The fourth-order valence-corrected chi connectivity index (χ4v) is 2.58. The Kier molecular flexibility index (Phi) is 1.56. The van der Waals surface area contributed by atoms with Crippen molar-refractivity contribution in [2.45, 2.75) is 44.6 Å². The minimum Gasteiger partial charge on any atom is -0.489 e. The molecule has 0 aromatic heterocycles. The van der Waals surface area contributed by atoms with Crippen LogP contribution in [0.15, 0.2) is 12.1 Å². The molecule has 3 rings (SSSR count). The lowest BCUT2D eigenvalue weighted by Gasteiger charge is -2.23. The highest BCUT2D eigenvalue weighted by atomic mass is 19.1. The molecule has 80 valence electrons. The quantitative estimate of drug-likeness (QED) is 0.632. The maximum atomic E-state index is 13.9. The molecule has 2 heteroatoms. The van der Waals surface area contributed by atoms with E-state index in [0.717, 1.165) is 23.3 Å². The van der Waals surface area contributed by atoms with E-state index in [2.05, 4.69) is 20.8 Å². The Balaban J connectivity index is 2.24. The topological polar surface area (TPSA) is 9.23 Å². The van der Waals surface area contributed by atoms with Crippen molar-refractivity contribution in [3.05, 3.63) is 29.1 Å². The van der Waals surface area contributed by atoms with Gasteiger partial charge in [0.15, 0.2) is 0 Å². The van der Waals surface area contributed by atoms with Crippen LogP contribution in [-0.4, -0.2) is 6.10 Å². The van der Waals surface area contributed by atoms with E-state index in [1.165, 1.54) is 6.07 Å². The minimum absolute atomic E-state index is 0.0857. The molecule has 0 spiro atoms. The van der Waals surface area contributed by atoms with Crippen molar-refractivity contribution in [1.82, 2.24) is 0 Å². The number of fused-ring (bicyclic) bond motifs is 3. The Bertz CT molecular complexity index is 431. The van der Waals surface area contributed by atoms with Gasteiger partial charge in [-0.1, -0.05) is 20.8 Å². The van der Waals surface area contributed by atoms with Crippen LogP contribution in [0.2, 0.25) is 0 Å². The van der Waals surface area contributed by atoms with Crippen LogP contribution >= 0.6 is 0 Å². The first-order valence-corrected chi connectivity index (χ1v) is 5.48. The highest BCUT2D eigenvalue weighted by molar-refractivity contribution is 5.53. The number of benzene rings is 1. The fraction of sp³-hybridized carbons (Fsp3) is 0.538. The SMILES string of the molecule is CC(C)(C)c1c(F)ccc2c1[C@@H]1C[C@@H]1O2. The monoisotopic (exact) mass is 206 g/mol. The van der Waals surface area contributed by atoms with Crippen LogP contribution in [0.25, 0.3) is 0 Å². The van der Waals surface area contributed by atoms with Gasteiger partial charge < -0.3 is 4.74 Å². The van der Waals surface area contributed by atoms with Crippen molar-refractivity contribution in [2.24, 2.45) is 0 Å². The van der Waals surface area contributed by atoms with Crippen LogP contribution in [0, 0.1) is 5.82 Å². The van der Waals surface area contributed by atoms with E-state index in [9.17, 15) is 4.39 Å². The Morgan fingerprint density at radius 1 is 1.33 bits per heavy atom. The fourth-order valence-electron chi connectivity index (χ4n) is 2.58. The summed E-state index contributed by atoms with van der Waals surface area (Å²) in [6.07, 6.45) is 1.40. The average Bonchev–Trinajstić information content (AvgIpc) is 2.78. The van der Waals surface area contributed by atoms with Crippen LogP contribution in [0.1, 0.15) is 44.2 Å². The molecule has 1 saturated carbocycles. The summed E-state index contributed by atoms with van der Waals surface area (Å²) >= 11 is 0. The molecule has 2 atom stereocenters. The van der Waals surface area contributed by atoms with Gasteiger partial charge in [-0.25, -0.2) is 4.39 Å². The highest BCUT2D eigenvalue weighted by Gasteiger charge is 2.50. The highest BCUT2D eigenvalue weighted by Crippen LogP contribution is 2.56. The summed E-state index contributed by atoms with van der Waals surface area (Å²) in [5, 5.41) is 0. The Morgan fingerprint density at radius 3 is 2.73 bits per heavy atom. The van der Waals surface area contributed by atoms with Crippen LogP contribution in [-0.2, 0) is 5.41 Å². The lowest BCUT2D eigenvalue weighted by atomic mass is 9.82. The minimum atomic E-state index is -0.143. The molecule has 1 nitrogen and oxygen atoms in total. The molecule has 2 aliphatic rings. The van der Waals surface area contributed by atoms with Gasteiger partial charge in [-0.3, -0.25) is 0 Å². The van der Waals surface area contributed by atoms with Crippen molar-refractivity contribution in [3.63, 3.8) is 0 Å². The summed E-state index contributed by atoms with van der Waals surface area (Å²) in [6, 6.07) is 3.30. The molecule has 1 aromatic rings. The second-order valence-electron chi connectivity index (χ2n) is 5.58. The van der Waals surface area contributed by atoms with E-state index < -0.39 is 0 Å².